The van der Waals surface area contributed by atoms with Crippen LogP contribution < -0.4 is 11.1 Å². The lowest BCUT2D eigenvalue weighted by molar-refractivity contribution is 0.102. The van der Waals surface area contributed by atoms with E-state index in [1.807, 2.05) is 0 Å². The van der Waals surface area contributed by atoms with E-state index in [2.05, 4.69) is 10.3 Å². The van der Waals surface area contributed by atoms with Crippen molar-refractivity contribution in [3.05, 3.63) is 59.9 Å². The fourth-order valence-corrected chi connectivity index (χ4v) is 1.58. The number of anilines is 1. The van der Waals surface area contributed by atoms with Crippen molar-refractivity contribution in [3.8, 4) is 0 Å². The minimum Gasteiger partial charge on any atom is -0.389 e. The Morgan fingerprint density at radius 3 is 2.50 bits per heavy atom. The molecule has 0 spiro atoms. The molecule has 1 aromatic carbocycles. The Kier molecular flexibility index (Phi) is 3.64. The molecule has 4 nitrogen and oxygen atoms in total. The van der Waals surface area contributed by atoms with Crippen molar-refractivity contribution in [1.82, 2.24) is 4.98 Å². The van der Waals surface area contributed by atoms with Crippen molar-refractivity contribution in [2.45, 2.75) is 0 Å². The first-order chi connectivity index (χ1) is 8.66. The number of pyridine rings is 1. The monoisotopic (exact) mass is 257 g/mol. The fourth-order valence-electron chi connectivity index (χ4n) is 1.45. The summed E-state index contributed by atoms with van der Waals surface area (Å²) in [6, 6.07) is 10.3. The highest BCUT2D eigenvalue weighted by molar-refractivity contribution is 7.80. The predicted octanol–water partition coefficient (Wildman–Crippen LogP) is 1.97. The number of thiocarbonyl (C=S) groups is 1. The van der Waals surface area contributed by atoms with Crippen molar-refractivity contribution in [3.63, 3.8) is 0 Å². The molecule has 0 atom stereocenters. The van der Waals surface area contributed by atoms with Gasteiger partial charge in [-0.15, -0.1) is 0 Å². The van der Waals surface area contributed by atoms with Crippen LogP contribution in [0.15, 0.2) is 48.8 Å². The van der Waals surface area contributed by atoms with E-state index in [0.717, 1.165) is 0 Å². The first kappa shape index (κ1) is 12.2. The van der Waals surface area contributed by atoms with E-state index in [1.165, 1.54) is 0 Å². The smallest absolute Gasteiger partial charge is 0.255 e. The van der Waals surface area contributed by atoms with E-state index >= 15 is 0 Å². The number of amides is 1. The Morgan fingerprint density at radius 1 is 1.17 bits per heavy atom. The van der Waals surface area contributed by atoms with Crippen LogP contribution in [0.2, 0.25) is 0 Å². The van der Waals surface area contributed by atoms with Crippen molar-refractivity contribution < 1.29 is 4.79 Å². The fraction of sp³-hybridized carbons (Fsp3) is 0. The van der Waals surface area contributed by atoms with E-state index in [0.29, 0.717) is 16.8 Å². The van der Waals surface area contributed by atoms with Crippen LogP contribution in [0, 0.1) is 0 Å². The van der Waals surface area contributed by atoms with Gasteiger partial charge in [-0.1, -0.05) is 24.4 Å². The highest BCUT2D eigenvalue weighted by Crippen LogP contribution is 2.09. The maximum atomic E-state index is 12.0. The van der Waals surface area contributed by atoms with Crippen LogP contribution in [0.3, 0.4) is 0 Å². The maximum absolute atomic E-state index is 12.0. The molecule has 90 valence electrons. The normalized spacial score (nSPS) is 9.78. The maximum Gasteiger partial charge on any atom is 0.255 e. The van der Waals surface area contributed by atoms with Gasteiger partial charge < -0.3 is 11.1 Å². The van der Waals surface area contributed by atoms with Crippen LogP contribution in [0.4, 0.5) is 5.69 Å². The lowest BCUT2D eigenvalue weighted by Gasteiger charge is -2.06. The van der Waals surface area contributed by atoms with Gasteiger partial charge in [0.25, 0.3) is 5.91 Å². The summed E-state index contributed by atoms with van der Waals surface area (Å²) in [5.41, 5.74) is 7.40. The second-order valence-corrected chi connectivity index (χ2v) is 4.07. The molecule has 0 saturated carbocycles. The van der Waals surface area contributed by atoms with E-state index in [4.69, 9.17) is 18.0 Å². The van der Waals surface area contributed by atoms with E-state index in [-0.39, 0.29) is 10.9 Å². The predicted molar refractivity (Wildman–Crippen MR) is 74.5 cm³/mol. The number of nitrogens with one attached hydrogen (secondary N) is 1. The molecule has 1 aromatic heterocycles. The standard InChI is InChI=1S/C13H11N3OS/c14-12(18)9-2-1-3-10(8-9)13(17)16-11-4-6-15-7-5-11/h1-8H,(H2,14,18)(H,15,16,17). The zero-order chi connectivity index (χ0) is 13.0. The Bertz CT molecular complexity index is 584. The van der Waals surface area contributed by atoms with Gasteiger partial charge in [0, 0.05) is 29.2 Å². The minimum absolute atomic E-state index is 0.209. The number of rotatable bonds is 3. The van der Waals surface area contributed by atoms with Crippen molar-refractivity contribution >= 4 is 28.8 Å². The molecule has 1 amide bonds. The first-order valence-electron chi connectivity index (χ1n) is 5.28. The average molecular weight is 257 g/mol. The first-order valence-corrected chi connectivity index (χ1v) is 5.69. The number of carbonyl (C=O) groups excluding carboxylic acids is 1. The number of nitrogens with two attached hydrogens (primary N) is 1. The van der Waals surface area contributed by atoms with Gasteiger partial charge in [0.15, 0.2) is 0 Å². The molecular formula is C13H11N3OS. The van der Waals surface area contributed by atoms with Crippen molar-refractivity contribution in [2.75, 3.05) is 5.32 Å². The van der Waals surface area contributed by atoms with Gasteiger partial charge >= 0.3 is 0 Å². The third-order valence-corrected chi connectivity index (χ3v) is 2.58. The van der Waals surface area contributed by atoms with Gasteiger partial charge in [0.05, 0.1) is 0 Å². The lowest BCUT2D eigenvalue weighted by Crippen LogP contribution is -2.14. The lowest BCUT2D eigenvalue weighted by atomic mass is 10.1. The summed E-state index contributed by atoms with van der Waals surface area (Å²) in [5, 5.41) is 2.76. The van der Waals surface area contributed by atoms with E-state index < -0.39 is 0 Å². The number of carbonyl (C=O) groups is 1. The highest BCUT2D eigenvalue weighted by Gasteiger charge is 2.07. The average Bonchev–Trinajstić information content (AvgIpc) is 2.40. The molecule has 0 aliphatic carbocycles. The molecule has 0 unspecified atom stereocenters. The van der Waals surface area contributed by atoms with Gasteiger partial charge in [-0.2, -0.15) is 0 Å². The molecule has 2 rings (SSSR count). The number of benzene rings is 1. The second-order valence-electron chi connectivity index (χ2n) is 3.64. The summed E-state index contributed by atoms with van der Waals surface area (Å²) < 4.78 is 0. The summed E-state index contributed by atoms with van der Waals surface area (Å²) in [6.07, 6.45) is 3.22. The van der Waals surface area contributed by atoms with Crippen LogP contribution in [-0.2, 0) is 0 Å². The Hall–Kier alpha value is -2.27. The summed E-state index contributed by atoms with van der Waals surface area (Å²) in [5.74, 6) is -0.209. The largest absolute Gasteiger partial charge is 0.389 e. The molecule has 0 aliphatic rings. The quantitative estimate of drug-likeness (QED) is 0.825. The molecular weight excluding hydrogens is 246 g/mol. The molecule has 18 heavy (non-hydrogen) atoms. The van der Waals surface area contributed by atoms with E-state index in [1.54, 1.807) is 48.8 Å². The van der Waals surface area contributed by atoms with Gasteiger partial charge in [0.1, 0.15) is 4.99 Å². The molecule has 0 aliphatic heterocycles. The number of hydrogen-bond donors (Lipinski definition) is 2. The van der Waals surface area contributed by atoms with Crippen molar-refractivity contribution in [2.24, 2.45) is 5.73 Å². The molecule has 5 heteroatoms. The number of hydrogen-bond acceptors (Lipinski definition) is 3. The highest BCUT2D eigenvalue weighted by atomic mass is 32.1. The van der Waals surface area contributed by atoms with Crippen molar-refractivity contribution in [1.29, 1.82) is 0 Å². The molecule has 0 bridgehead atoms. The van der Waals surface area contributed by atoms with Gasteiger partial charge in [-0.05, 0) is 24.3 Å². The Morgan fingerprint density at radius 2 is 1.83 bits per heavy atom. The number of nitrogens with zero attached hydrogens (tertiary/aromatic N) is 1. The molecule has 2 aromatic rings. The Balaban J connectivity index is 2.19. The molecule has 0 fully saturated rings. The number of aromatic nitrogens is 1. The van der Waals surface area contributed by atoms with Gasteiger partial charge in [0.2, 0.25) is 0 Å². The molecule has 0 saturated heterocycles. The van der Waals surface area contributed by atoms with Gasteiger partial charge in [-0.3, -0.25) is 9.78 Å². The van der Waals surface area contributed by atoms with Crippen LogP contribution in [0.25, 0.3) is 0 Å². The summed E-state index contributed by atoms with van der Waals surface area (Å²) >= 11 is 4.88. The van der Waals surface area contributed by atoms with Crippen LogP contribution in [0.1, 0.15) is 15.9 Å². The van der Waals surface area contributed by atoms with Gasteiger partial charge in [-0.25, -0.2) is 0 Å². The Labute approximate surface area is 110 Å². The third-order valence-electron chi connectivity index (χ3n) is 2.35. The zero-order valence-corrected chi connectivity index (χ0v) is 10.3. The SMILES string of the molecule is NC(=S)c1cccc(C(=O)Nc2ccncc2)c1. The summed E-state index contributed by atoms with van der Waals surface area (Å²) in [7, 11) is 0. The molecule has 3 N–H and O–H groups in total. The van der Waals surface area contributed by atoms with Crippen LogP contribution >= 0.6 is 12.2 Å². The summed E-state index contributed by atoms with van der Waals surface area (Å²) in [4.78, 5) is 16.1. The molecule has 1 heterocycles. The second kappa shape index (κ2) is 5.37. The minimum atomic E-state index is -0.209. The topological polar surface area (TPSA) is 68.0 Å². The summed E-state index contributed by atoms with van der Waals surface area (Å²) in [6.45, 7) is 0. The van der Waals surface area contributed by atoms with Crippen LogP contribution in [0.5, 0.6) is 0 Å². The zero-order valence-electron chi connectivity index (χ0n) is 9.46. The van der Waals surface area contributed by atoms with E-state index in [9.17, 15) is 4.79 Å². The third kappa shape index (κ3) is 2.89. The molecule has 0 radical (unpaired) electrons. The van der Waals surface area contributed by atoms with Crippen LogP contribution in [-0.4, -0.2) is 15.9 Å².